The van der Waals surface area contributed by atoms with Gasteiger partial charge in [0.25, 0.3) is 5.56 Å². The Labute approximate surface area is 109 Å². The number of benzene rings is 2. The Hall–Kier alpha value is -2.33. The van der Waals surface area contributed by atoms with Gasteiger partial charge in [0.1, 0.15) is 0 Å². The maximum Gasteiger partial charge on any atom is 0.277 e. The third-order valence-electron chi connectivity index (χ3n) is 3.69. The minimum absolute atomic E-state index is 0.141. The number of aromatic nitrogens is 2. The van der Waals surface area contributed by atoms with Crippen molar-refractivity contribution in [3.8, 4) is 5.69 Å². The number of aliphatic hydroxyl groups excluding tert-OH is 1. The van der Waals surface area contributed by atoms with E-state index in [0.29, 0.717) is 11.8 Å². The molecule has 0 saturated carbocycles. The molecule has 1 atom stereocenters. The van der Waals surface area contributed by atoms with Crippen LogP contribution in [0.25, 0.3) is 16.6 Å². The van der Waals surface area contributed by atoms with Crippen LogP contribution in [0.1, 0.15) is 11.8 Å². The lowest BCUT2D eigenvalue weighted by molar-refractivity contribution is 0.0749. The molecule has 0 amide bonds. The van der Waals surface area contributed by atoms with Crippen molar-refractivity contribution in [2.45, 2.75) is 12.6 Å². The molecule has 0 saturated heterocycles. The van der Waals surface area contributed by atoms with Gasteiger partial charge in [-0.15, -0.1) is 0 Å². The Morgan fingerprint density at radius 3 is 2.68 bits per heavy atom. The van der Waals surface area contributed by atoms with Gasteiger partial charge in [-0.1, -0.05) is 30.3 Å². The fourth-order valence-electron chi connectivity index (χ4n) is 2.86. The number of rotatable bonds is 0. The first kappa shape index (κ1) is 10.6. The SMILES string of the molecule is O=c1c2ccccc2n2n1C(O)Cc1ccccc1-2. The molecule has 0 fully saturated rings. The highest BCUT2D eigenvalue weighted by Gasteiger charge is 2.26. The van der Waals surface area contributed by atoms with E-state index in [0.717, 1.165) is 16.8 Å². The molecular formula is C15H12N2O2. The van der Waals surface area contributed by atoms with Crippen molar-refractivity contribution in [2.75, 3.05) is 0 Å². The van der Waals surface area contributed by atoms with Crippen LogP contribution < -0.4 is 5.56 Å². The van der Waals surface area contributed by atoms with Gasteiger partial charge in [0, 0.05) is 6.42 Å². The van der Waals surface area contributed by atoms with E-state index in [-0.39, 0.29) is 5.56 Å². The second-order valence-corrected chi connectivity index (χ2v) is 4.79. The van der Waals surface area contributed by atoms with Gasteiger partial charge in [0.05, 0.1) is 16.6 Å². The van der Waals surface area contributed by atoms with Gasteiger partial charge in [-0.3, -0.25) is 4.79 Å². The summed E-state index contributed by atoms with van der Waals surface area (Å²) in [6, 6.07) is 15.3. The summed E-state index contributed by atoms with van der Waals surface area (Å²) in [6.45, 7) is 0. The molecule has 2 aromatic carbocycles. The Morgan fingerprint density at radius 2 is 1.79 bits per heavy atom. The summed E-state index contributed by atoms with van der Waals surface area (Å²) in [4.78, 5) is 12.4. The molecule has 3 aromatic rings. The maximum atomic E-state index is 12.4. The van der Waals surface area contributed by atoms with Gasteiger partial charge in [-0.2, -0.15) is 0 Å². The Bertz CT molecular complexity index is 845. The molecule has 2 heterocycles. The summed E-state index contributed by atoms with van der Waals surface area (Å²) in [5.41, 5.74) is 2.71. The van der Waals surface area contributed by atoms with Crippen LogP contribution in [-0.4, -0.2) is 14.5 Å². The molecule has 4 heteroatoms. The van der Waals surface area contributed by atoms with Crippen molar-refractivity contribution in [3.63, 3.8) is 0 Å². The third kappa shape index (κ3) is 1.29. The van der Waals surface area contributed by atoms with E-state index >= 15 is 0 Å². The molecule has 4 rings (SSSR count). The highest BCUT2D eigenvalue weighted by Crippen LogP contribution is 2.28. The fraction of sp³-hybridized carbons (Fsp3) is 0.133. The number of para-hydroxylation sites is 2. The zero-order chi connectivity index (χ0) is 13.0. The lowest BCUT2D eigenvalue weighted by Crippen LogP contribution is -2.32. The Kier molecular flexibility index (Phi) is 2.00. The van der Waals surface area contributed by atoms with Gasteiger partial charge in [0.15, 0.2) is 6.23 Å². The Balaban J connectivity index is 2.23. The zero-order valence-electron chi connectivity index (χ0n) is 10.2. The van der Waals surface area contributed by atoms with Crippen LogP contribution in [-0.2, 0) is 6.42 Å². The number of fused-ring (bicyclic) bond motifs is 5. The average molecular weight is 252 g/mol. The summed E-state index contributed by atoms with van der Waals surface area (Å²) >= 11 is 0. The summed E-state index contributed by atoms with van der Waals surface area (Å²) < 4.78 is 3.26. The van der Waals surface area contributed by atoms with Crippen molar-refractivity contribution in [1.82, 2.24) is 9.36 Å². The predicted molar refractivity (Wildman–Crippen MR) is 72.5 cm³/mol. The standard InChI is InChI=1S/C15H12N2O2/c18-14-9-10-5-1-3-7-12(10)16-13-8-4-2-6-11(13)15(19)17(14)16/h1-8,14,18H,9H2. The van der Waals surface area contributed by atoms with Crippen LogP contribution in [0.5, 0.6) is 0 Å². The first-order valence-corrected chi connectivity index (χ1v) is 6.26. The summed E-state index contributed by atoms with van der Waals surface area (Å²) in [7, 11) is 0. The van der Waals surface area contributed by atoms with Crippen molar-refractivity contribution >= 4 is 10.9 Å². The highest BCUT2D eigenvalue weighted by molar-refractivity contribution is 5.80. The van der Waals surface area contributed by atoms with Gasteiger partial charge < -0.3 is 5.11 Å². The summed E-state index contributed by atoms with van der Waals surface area (Å²) in [5, 5.41) is 10.9. The summed E-state index contributed by atoms with van der Waals surface area (Å²) in [6.07, 6.45) is -0.346. The van der Waals surface area contributed by atoms with Gasteiger partial charge >= 0.3 is 0 Å². The minimum atomic E-state index is -0.810. The molecule has 19 heavy (non-hydrogen) atoms. The lowest BCUT2D eigenvalue weighted by atomic mass is 10.1. The lowest BCUT2D eigenvalue weighted by Gasteiger charge is -2.25. The molecule has 94 valence electrons. The van der Waals surface area contributed by atoms with Crippen molar-refractivity contribution in [3.05, 3.63) is 64.4 Å². The smallest absolute Gasteiger partial charge is 0.277 e. The van der Waals surface area contributed by atoms with E-state index in [1.165, 1.54) is 4.68 Å². The average Bonchev–Trinajstić information content (AvgIpc) is 2.74. The molecule has 4 nitrogen and oxygen atoms in total. The zero-order valence-corrected chi connectivity index (χ0v) is 10.2. The first-order chi connectivity index (χ1) is 9.27. The number of hydrogen-bond acceptors (Lipinski definition) is 2. The third-order valence-corrected chi connectivity index (χ3v) is 3.69. The number of nitrogens with zero attached hydrogens (tertiary/aromatic N) is 2. The molecule has 0 spiro atoms. The molecule has 1 aliphatic heterocycles. The first-order valence-electron chi connectivity index (χ1n) is 6.26. The van der Waals surface area contributed by atoms with Gasteiger partial charge in [-0.25, -0.2) is 9.36 Å². The molecule has 1 N–H and O–H groups in total. The normalized spacial score (nSPS) is 17.2. The second kappa shape index (κ2) is 3.59. The molecule has 1 unspecified atom stereocenters. The van der Waals surface area contributed by atoms with Crippen LogP contribution in [0.3, 0.4) is 0 Å². The van der Waals surface area contributed by atoms with Crippen LogP contribution in [0.2, 0.25) is 0 Å². The van der Waals surface area contributed by atoms with Crippen molar-refractivity contribution in [2.24, 2.45) is 0 Å². The van der Waals surface area contributed by atoms with E-state index in [9.17, 15) is 9.90 Å². The highest BCUT2D eigenvalue weighted by atomic mass is 16.3. The Morgan fingerprint density at radius 1 is 1.05 bits per heavy atom. The largest absolute Gasteiger partial charge is 0.371 e. The maximum absolute atomic E-state index is 12.4. The molecule has 1 aromatic heterocycles. The topological polar surface area (TPSA) is 47.2 Å². The summed E-state index contributed by atoms with van der Waals surface area (Å²) in [5.74, 6) is 0. The monoisotopic (exact) mass is 252 g/mol. The van der Waals surface area contributed by atoms with Crippen LogP contribution in [0.15, 0.2) is 53.3 Å². The molecule has 0 aliphatic carbocycles. The second-order valence-electron chi connectivity index (χ2n) is 4.79. The van der Waals surface area contributed by atoms with Crippen LogP contribution in [0, 0.1) is 0 Å². The van der Waals surface area contributed by atoms with Crippen molar-refractivity contribution in [1.29, 1.82) is 0 Å². The van der Waals surface area contributed by atoms with Gasteiger partial charge in [0.2, 0.25) is 0 Å². The number of hydrogen-bond donors (Lipinski definition) is 1. The van der Waals surface area contributed by atoms with E-state index < -0.39 is 6.23 Å². The van der Waals surface area contributed by atoms with E-state index in [1.54, 1.807) is 6.07 Å². The van der Waals surface area contributed by atoms with E-state index in [1.807, 2.05) is 47.1 Å². The van der Waals surface area contributed by atoms with Gasteiger partial charge in [-0.05, 0) is 23.8 Å². The molecule has 1 aliphatic rings. The molecule has 0 radical (unpaired) electrons. The van der Waals surface area contributed by atoms with Crippen molar-refractivity contribution < 1.29 is 5.11 Å². The van der Waals surface area contributed by atoms with Crippen LogP contribution >= 0.6 is 0 Å². The van der Waals surface area contributed by atoms with E-state index in [2.05, 4.69) is 0 Å². The number of aliphatic hydroxyl groups is 1. The van der Waals surface area contributed by atoms with E-state index in [4.69, 9.17) is 0 Å². The molecular weight excluding hydrogens is 240 g/mol. The molecule has 0 bridgehead atoms. The minimum Gasteiger partial charge on any atom is -0.371 e. The predicted octanol–water partition coefficient (Wildman–Crippen LogP) is 1.84. The van der Waals surface area contributed by atoms with Crippen LogP contribution in [0.4, 0.5) is 0 Å². The quantitative estimate of drug-likeness (QED) is 0.663. The fourth-order valence-corrected chi connectivity index (χ4v) is 2.86.